The van der Waals surface area contributed by atoms with Crippen molar-refractivity contribution < 1.29 is 14.7 Å². The van der Waals surface area contributed by atoms with Crippen LogP contribution in [0.5, 0.6) is 0 Å². The largest absolute Gasteiger partial charge is 0.465 e. The van der Waals surface area contributed by atoms with Crippen molar-refractivity contribution in [1.29, 1.82) is 0 Å². The fraction of sp³-hybridized carbons (Fsp3) is 0.667. The van der Waals surface area contributed by atoms with E-state index in [1.165, 1.54) is 0 Å². The van der Waals surface area contributed by atoms with Crippen molar-refractivity contribution in [3.05, 3.63) is 0 Å². The van der Waals surface area contributed by atoms with Crippen LogP contribution in [0.3, 0.4) is 0 Å². The van der Waals surface area contributed by atoms with Crippen molar-refractivity contribution in [3.8, 4) is 0 Å². The van der Waals surface area contributed by atoms with Gasteiger partial charge in [0.1, 0.15) is 6.54 Å². The zero-order chi connectivity index (χ0) is 8.97. The third-order valence-corrected chi connectivity index (χ3v) is 2.46. The molecule has 0 bridgehead atoms. The summed E-state index contributed by atoms with van der Waals surface area (Å²) in [5.74, 6) is 1.47. The number of amides is 2. The molecule has 0 spiro atoms. The highest BCUT2D eigenvalue weighted by atomic mass is 32.2. The maximum atomic E-state index is 11.1. The van der Waals surface area contributed by atoms with E-state index in [9.17, 15) is 9.59 Å². The first-order valence-corrected chi connectivity index (χ1v) is 4.68. The molecule has 5 nitrogen and oxygen atoms in total. The van der Waals surface area contributed by atoms with E-state index in [2.05, 4.69) is 0 Å². The fourth-order valence-corrected chi connectivity index (χ4v) is 1.85. The summed E-state index contributed by atoms with van der Waals surface area (Å²) < 4.78 is 0. The summed E-state index contributed by atoms with van der Waals surface area (Å²) in [6, 6.07) is 0. The van der Waals surface area contributed by atoms with Crippen LogP contribution in [0.4, 0.5) is 4.79 Å². The van der Waals surface area contributed by atoms with Gasteiger partial charge in [0.15, 0.2) is 0 Å². The molecule has 0 aromatic rings. The molecule has 6 heteroatoms. The van der Waals surface area contributed by atoms with Crippen LogP contribution in [0.15, 0.2) is 0 Å². The number of nitrogens with zero attached hydrogens (tertiary/aromatic N) is 1. The van der Waals surface area contributed by atoms with Crippen molar-refractivity contribution in [2.24, 2.45) is 0 Å². The Bertz CT molecular complexity index is 191. The summed E-state index contributed by atoms with van der Waals surface area (Å²) in [6.45, 7) is 0.612. The SMILES string of the molecule is O=C(O)NCC(=O)N1CCSC1. The average molecular weight is 190 g/mol. The van der Waals surface area contributed by atoms with Gasteiger partial charge in [0, 0.05) is 12.3 Å². The molecule has 1 rings (SSSR count). The van der Waals surface area contributed by atoms with E-state index in [-0.39, 0.29) is 12.5 Å². The van der Waals surface area contributed by atoms with Gasteiger partial charge in [-0.2, -0.15) is 0 Å². The Morgan fingerprint density at radius 2 is 2.33 bits per heavy atom. The minimum absolute atomic E-state index is 0.115. The summed E-state index contributed by atoms with van der Waals surface area (Å²) in [5, 5.41) is 10.3. The Labute approximate surface area is 74.1 Å². The maximum absolute atomic E-state index is 11.1. The average Bonchev–Trinajstić information content (AvgIpc) is 2.51. The number of nitrogens with one attached hydrogen (secondary N) is 1. The molecule has 1 saturated heterocycles. The molecule has 1 fully saturated rings. The van der Waals surface area contributed by atoms with Gasteiger partial charge >= 0.3 is 6.09 Å². The van der Waals surface area contributed by atoms with Gasteiger partial charge in [0.2, 0.25) is 5.91 Å². The molecule has 0 aromatic heterocycles. The smallest absolute Gasteiger partial charge is 0.405 e. The summed E-state index contributed by atoms with van der Waals surface area (Å²) >= 11 is 1.67. The molecule has 12 heavy (non-hydrogen) atoms. The number of carbonyl (C=O) groups excluding carboxylic acids is 1. The van der Waals surface area contributed by atoms with E-state index in [4.69, 9.17) is 5.11 Å². The van der Waals surface area contributed by atoms with Crippen LogP contribution >= 0.6 is 11.8 Å². The van der Waals surface area contributed by atoms with E-state index in [1.807, 2.05) is 5.32 Å². The fourth-order valence-electron chi connectivity index (χ4n) is 0.874. The second-order valence-corrected chi connectivity index (χ2v) is 3.43. The third kappa shape index (κ3) is 2.61. The van der Waals surface area contributed by atoms with E-state index >= 15 is 0 Å². The third-order valence-electron chi connectivity index (χ3n) is 1.50. The second kappa shape index (κ2) is 4.20. The van der Waals surface area contributed by atoms with E-state index < -0.39 is 6.09 Å². The van der Waals surface area contributed by atoms with Crippen molar-refractivity contribution in [2.75, 3.05) is 24.7 Å². The molecule has 2 amide bonds. The molecule has 0 aromatic carbocycles. The van der Waals surface area contributed by atoms with Crippen LogP contribution in [0.2, 0.25) is 0 Å². The Morgan fingerprint density at radius 1 is 1.58 bits per heavy atom. The zero-order valence-electron chi connectivity index (χ0n) is 6.45. The van der Waals surface area contributed by atoms with Gasteiger partial charge in [0.25, 0.3) is 0 Å². The van der Waals surface area contributed by atoms with Crippen LogP contribution in [-0.4, -0.2) is 46.7 Å². The molecule has 0 radical (unpaired) electrons. The number of hydrogen-bond acceptors (Lipinski definition) is 3. The number of thioether (sulfide) groups is 1. The number of carboxylic acid groups (broad SMARTS) is 1. The Hall–Kier alpha value is -0.910. The standard InChI is InChI=1S/C6H10N2O3S/c9-5(3-7-6(10)11)8-1-2-12-4-8/h7H,1-4H2,(H,10,11). The monoisotopic (exact) mass is 190 g/mol. The number of carbonyl (C=O) groups is 2. The quantitative estimate of drug-likeness (QED) is 0.632. The molecule has 0 unspecified atom stereocenters. The molecule has 0 atom stereocenters. The zero-order valence-corrected chi connectivity index (χ0v) is 7.26. The van der Waals surface area contributed by atoms with Gasteiger partial charge in [-0.3, -0.25) is 4.79 Å². The van der Waals surface area contributed by atoms with E-state index in [1.54, 1.807) is 16.7 Å². The molecule has 68 valence electrons. The normalized spacial score (nSPS) is 16.2. The minimum Gasteiger partial charge on any atom is -0.465 e. The lowest BCUT2D eigenvalue weighted by Crippen LogP contribution is -2.38. The highest BCUT2D eigenvalue weighted by Gasteiger charge is 2.17. The maximum Gasteiger partial charge on any atom is 0.405 e. The van der Waals surface area contributed by atoms with Crippen LogP contribution in [0.1, 0.15) is 0 Å². The first-order valence-electron chi connectivity index (χ1n) is 3.52. The van der Waals surface area contributed by atoms with E-state index in [0.29, 0.717) is 5.88 Å². The van der Waals surface area contributed by atoms with Gasteiger partial charge in [0.05, 0.1) is 5.88 Å². The van der Waals surface area contributed by atoms with Gasteiger partial charge in [-0.05, 0) is 0 Å². The Morgan fingerprint density at radius 3 is 2.83 bits per heavy atom. The van der Waals surface area contributed by atoms with Crippen LogP contribution in [0.25, 0.3) is 0 Å². The van der Waals surface area contributed by atoms with Crippen molar-refractivity contribution >= 4 is 23.8 Å². The molecule has 1 aliphatic heterocycles. The van der Waals surface area contributed by atoms with Crippen molar-refractivity contribution in [3.63, 3.8) is 0 Å². The molecule has 2 N–H and O–H groups in total. The summed E-state index contributed by atoms with van der Waals surface area (Å²) in [6.07, 6.45) is -1.16. The predicted molar refractivity (Wildman–Crippen MR) is 45.1 cm³/mol. The van der Waals surface area contributed by atoms with Crippen molar-refractivity contribution in [1.82, 2.24) is 10.2 Å². The highest BCUT2D eigenvalue weighted by molar-refractivity contribution is 7.99. The minimum atomic E-state index is -1.16. The lowest BCUT2D eigenvalue weighted by Gasteiger charge is -2.13. The van der Waals surface area contributed by atoms with Gasteiger partial charge < -0.3 is 15.3 Å². The van der Waals surface area contributed by atoms with Gasteiger partial charge in [-0.25, -0.2) is 4.79 Å². The van der Waals surface area contributed by atoms with Crippen LogP contribution in [-0.2, 0) is 4.79 Å². The first kappa shape index (κ1) is 9.18. The second-order valence-electron chi connectivity index (χ2n) is 2.35. The molecule has 1 aliphatic rings. The molecule has 0 aliphatic carbocycles. The van der Waals surface area contributed by atoms with Gasteiger partial charge in [-0.1, -0.05) is 0 Å². The number of rotatable bonds is 2. The molecular weight excluding hydrogens is 180 g/mol. The Balaban J connectivity index is 2.23. The number of hydrogen-bond donors (Lipinski definition) is 2. The van der Waals surface area contributed by atoms with Crippen molar-refractivity contribution in [2.45, 2.75) is 0 Å². The first-order chi connectivity index (χ1) is 5.70. The lowest BCUT2D eigenvalue weighted by atomic mass is 10.5. The van der Waals surface area contributed by atoms with E-state index in [0.717, 1.165) is 12.3 Å². The van der Waals surface area contributed by atoms with Crippen LogP contribution in [0, 0.1) is 0 Å². The highest BCUT2D eigenvalue weighted by Crippen LogP contribution is 2.12. The molecule has 1 heterocycles. The summed E-state index contributed by atoms with van der Waals surface area (Å²) in [4.78, 5) is 22.8. The molecular formula is C6H10N2O3S. The topological polar surface area (TPSA) is 69.6 Å². The van der Waals surface area contributed by atoms with Crippen LogP contribution < -0.4 is 5.32 Å². The molecule has 0 saturated carbocycles. The Kier molecular flexibility index (Phi) is 3.21. The lowest BCUT2D eigenvalue weighted by molar-refractivity contribution is -0.128. The summed E-state index contributed by atoms with van der Waals surface area (Å²) in [7, 11) is 0. The summed E-state index contributed by atoms with van der Waals surface area (Å²) in [5.41, 5.74) is 0. The predicted octanol–water partition coefficient (Wildman–Crippen LogP) is -0.213. The van der Waals surface area contributed by atoms with Gasteiger partial charge in [-0.15, -0.1) is 11.8 Å².